The number of halogens is 1. The first-order chi connectivity index (χ1) is 6.77. The van der Waals surface area contributed by atoms with Crippen LogP contribution >= 0.6 is 11.6 Å². The molecule has 0 spiro atoms. The number of hydrogen-bond donors (Lipinski definition) is 0. The van der Waals surface area contributed by atoms with E-state index < -0.39 is 0 Å². The summed E-state index contributed by atoms with van der Waals surface area (Å²) >= 11 is 6.37. The van der Waals surface area contributed by atoms with Gasteiger partial charge in [-0.1, -0.05) is 12.2 Å². The quantitative estimate of drug-likeness (QED) is 0.454. The van der Waals surface area contributed by atoms with E-state index in [1.54, 1.807) is 0 Å². The van der Waals surface area contributed by atoms with E-state index >= 15 is 0 Å². The number of hydrogen-bond acceptors (Lipinski definition) is 2. The van der Waals surface area contributed by atoms with Crippen LogP contribution in [0.25, 0.3) is 0 Å². The summed E-state index contributed by atoms with van der Waals surface area (Å²) in [4.78, 5) is 0. The molecular formula is C11H15ClO2. The lowest BCUT2D eigenvalue weighted by atomic mass is 9.84. The molecule has 2 unspecified atom stereocenters. The summed E-state index contributed by atoms with van der Waals surface area (Å²) in [6.07, 6.45) is 4.49. The first kappa shape index (κ1) is 9.20. The highest BCUT2D eigenvalue weighted by atomic mass is 35.5. The first-order valence-electron chi connectivity index (χ1n) is 5.33. The maximum absolute atomic E-state index is 6.37. The summed E-state index contributed by atoms with van der Waals surface area (Å²) in [7, 11) is 0. The maximum atomic E-state index is 6.37. The average Bonchev–Trinajstić information content (AvgIpc) is 2.56. The summed E-state index contributed by atoms with van der Waals surface area (Å²) in [6.45, 7) is 3.58. The molecule has 1 aliphatic heterocycles. The van der Waals surface area contributed by atoms with Crippen LogP contribution in [-0.2, 0) is 9.47 Å². The highest BCUT2D eigenvalue weighted by Crippen LogP contribution is 2.51. The van der Waals surface area contributed by atoms with E-state index in [-0.39, 0.29) is 11.7 Å². The van der Waals surface area contributed by atoms with Gasteiger partial charge in [-0.25, -0.2) is 0 Å². The van der Waals surface area contributed by atoms with Crippen molar-refractivity contribution in [2.75, 3.05) is 13.2 Å². The Hall–Kier alpha value is -0.0500. The van der Waals surface area contributed by atoms with Gasteiger partial charge in [0.05, 0.1) is 13.2 Å². The molecule has 1 saturated carbocycles. The molecule has 78 valence electrons. The van der Waals surface area contributed by atoms with Crippen LogP contribution in [0.2, 0.25) is 0 Å². The number of fused-ring (bicyclic) bond motifs is 5. The van der Waals surface area contributed by atoms with Crippen LogP contribution in [0.5, 0.6) is 0 Å². The van der Waals surface area contributed by atoms with E-state index in [1.807, 2.05) is 6.92 Å². The monoisotopic (exact) mass is 214 g/mol. The Kier molecular flexibility index (Phi) is 2.12. The van der Waals surface area contributed by atoms with Crippen LogP contribution in [0.4, 0.5) is 0 Å². The van der Waals surface area contributed by atoms with Crippen molar-refractivity contribution < 1.29 is 9.47 Å². The van der Waals surface area contributed by atoms with Crippen molar-refractivity contribution in [2.24, 2.45) is 23.7 Å². The topological polar surface area (TPSA) is 18.5 Å². The normalized spacial score (nSPS) is 55.9. The first-order valence-corrected chi connectivity index (χ1v) is 5.76. The predicted molar refractivity (Wildman–Crippen MR) is 54.1 cm³/mol. The van der Waals surface area contributed by atoms with E-state index in [0.717, 1.165) is 13.2 Å². The lowest BCUT2D eigenvalue weighted by Crippen LogP contribution is -2.24. The molecule has 3 aliphatic rings. The van der Waals surface area contributed by atoms with E-state index in [2.05, 4.69) is 12.2 Å². The summed E-state index contributed by atoms with van der Waals surface area (Å²) in [5.74, 6) is 2.19. The molecule has 0 amide bonds. The second-order valence-corrected chi connectivity index (χ2v) is 5.05. The van der Waals surface area contributed by atoms with Crippen molar-refractivity contribution in [3.63, 3.8) is 0 Å². The highest BCUT2D eigenvalue weighted by molar-refractivity contribution is 6.21. The van der Waals surface area contributed by atoms with E-state index in [0.29, 0.717) is 23.7 Å². The van der Waals surface area contributed by atoms with Crippen LogP contribution in [0.15, 0.2) is 12.2 Å². The van der Waals surface area contributed by atoms with Gasteiger partial charge in [0.2, 0.25) is 0 Å². The van der Waals surface area contributed by atoms with E-state index in [1.165, 1.54) is 0 Å². The fourth-order valence-corrected chi connectivity index (χ4v) is 3.61. The second-order valence-electron chi connectivity index (χ2n) is 4.55. The Morgan fingerprint density at radius 3 is 2.07 bits per heavy atom. The number of rotatable bonds is 0. The summed E-state index contributed by atoms with van der Waals surface area (Å²) in [6, 6.07) is 0. The van der Waals surface area contributed by atoms with Crippen molar-refractivity contribution in [2.45, 2.75) is 18.6 Å². The number of allylic oxidation sites excluding steroid dienone is 2. The summed E-state index contributed by atoms with van der Waals surface area (Å²) in [5, 5.41) is 0.283. The minimum Gasteiger partial charge on any atom is -0.353 e. The van der Waals surface area contributed by atoms with Crippen molar-refractivity contribution in [1.82, 2.24) is 0 Å². The van der Waals surface area contributed by atoms with Crippen molar-refractivity contribution in [3.05, 3.63) is 12.2 Å². The van der Waals surface area contributed by atoms with Crippen molar-refractivity contribution in [1.29, 1.82) is 0 Å². The van der Waals surface area contributed by atoms with E-state index in [4.69, 9.17) is 21.1 Å². The minimum atomic E-state index is -0.0474. The van der Waals surface area contributed by atoms with Gasteiger partial charge in [-0.2, -0.15) is 0 Å². The van der Waals surface area contributed by atoms with Crippen LogP contribution in [0.1, 0.15) is 6.92 Å². The van der Waals surface area contributed by atoms with Crippen LogP contribution < -0.4 is 0 Å². The average molecular weight is 215 g/mol. The minimum absolute atomic E-state index is 0.0474. The zero-order valence-corrected chi connectivity index (χ0v) is 8.98. The Bertz CT molecular complexity index is 242. The fourth-order valence-electron chi connectivity index (χ4n) is 3.06. The third-order valence-electron chi connectivity index (χ3n) is 3.88. The Balaban J connectivity index is 1.84. The van der Waals surface area contributed by atoms with Gasteiger partial charge in [0.1, 0.15) is 0 Å². The predicted octanol–water partition coefficient (Wildman–Crippen LogP) is 2.03. The molecule has 6 atom stereocenters. The molecule has 1 heterocycles. The molecule has 0 radical (unpaired) electrons. The molecule has 2 nitrogen and oxygen atoms in total. The largest absolute Gasteiger partial charge is 0.353 e. The van der Waals surface area contributed by atoms with Gasteiger partial charge >= 0.3 is 0 Å². The van der Waals surface area contributed by atoms with Gasteiger partial charge < -0.3 is 9.47 Å². The smallest absolute Gasteiger partial charge is 0.154 e. The Morgan fingerprint density at radius 2 is 1.57 bits per heavy atom. The van der Waals surface area contributed by atoms with Gasteiger partial charge in [-0.15, -0.1) is 11.6 Å². The lowest BCUT2D eigenvalue weighted by molar-refractivity contribution is -0.119. The summed E-state index contributed by atoms with van der Waals surface area (Å²) in [5.41, 5.74) is 0. The zero-order valence-electron chi connectivity index (χ0n) is 8.23. The second kappa shape index (κ2) is 3.22. The van der Waals surface area contributed by atoms with Crippen molar-refractivity contribution in [3.8, 4) is 0 Å². The van der Waals surface area contributed by atoms with Gasteiger partial charge in [0, 0.05) is 5.38 Å². The fraction of sp³-hybridized carbons (Fsp3) is 0.818. The third kappa shape index (κ3) is 1.17. The molecule has 14 heavy (non-hydrogen) atoms. The van der Waals surface area contributed by atoms with Gasteiger partial charge in [0.25, 0.3) is 0 Å². The molecule has 3 heteroatoms. The molecule has 0 aromatic carbocycles. The van der Waals surface area contributed by atoms with Gasteiger partial charge in [-0.3, -0.25) is 0 Å². The lowest BCUT2D eigenvalue weighted by Gasteiger charge is -2.23. The number of alkyl halides is 1. The maximum Gasteiger partial charge on any atom is 0.154 e. The van der Waals surface area contributed by atoms with Gasteiger partial charge in [0.15, 0.2) is 6.29 Å². The Labute approximate surface area is 89.2 Å². The zero-order chi connectivity index (χ0) is 9.71. The van der Waals surface area contributed by atoms with Crippen LogP contribution in [0.3, 0.4) is 0 Å². The standard InChI is InChI=1S/C11H15ClO2/c1-6-13-4-9-7-2-3-8(11(7)12)10(9)5-14-6/h2-3,6-11H,4-5H2,1H3/t6?,7-,8+,9+,10-,11?. The molecule has 0 aromatic rings. The van der Waals surface area contributed by atoms with Crippen molar-refractivity contribution >= 4 is 11.6 Å². The molecule has 2 fully saturated rings. The number of ether oxygens (including phenoxy) is 2. The summed E-state index contributed by atoms with van der Waals surface area (Å²) < 4.78 is 11.2. The van der Waals surface area contributed by atoms with E-state index in [9.17, 15) is 0 Å². The highest BCUT2D eigenvalue weighted by Gasteiger charge is 2.51. The van der Waals surface area contributed by atoms with Crippen LogP contribution in [-0.4, -0.2) is 24.9 Å². The molecule has 0 aromatic heterocycles. The molecular weight excluding hydrogens is 200 g/mol. The Morgan fingerprint density at radius 1 is 1.07 bits per heavy atom. The molecule has 3 rings (SSSR count). The molecule has 0 N–H and O–H groups in total. The van der Waals surface area contributed by atoms with Gasteiger partial charge in [-0.05, 0) is 30.6 Å². The molecule has 1 saturated heterocycles. The SMILES string of the molecule is CC1OC[C@@H]2[C@H](CO1)[C@@H]1C=C[C@H]2C1Cl. The van der Waals surface area contributed by atoms with Crippen LogP contribution in [0, 0.1) is 23.7 Å². The third-order valence-corrected chi connectivity index (χ3v) is 4.46. The molecule has 2 aliphatic carbocycles. The molecule has 2 bridgehead atoms.